The Morgan fingerprint density at radius 2 is 1.63 bits per heavy atom. The third-order valence-corrected chi connectivity index (χ3v) is 12.5. The first-order valence-electron chi connectivity index (χ1n) is 20.8. The van der Waals surface area contributed by atoms with Gasteiger partial charge in [-0.15, -0.1) is 0 Å². The van der Waals surface area contributed by atoms with Crippen LogP contribution in [0.5, 0.6) is 0 Å². The number of hydrogen-bond acceptors (Lipinski definition) is 9. The number of halogens is 4. The summed E-state index contributed by atoms with van der Waals surface area (Å²) in [5.41, 5.74) is 1.72. The largest absolute Gasteiger partial charge is 0.374 e. The van der Waals surface area contributed by atoms with E-state index in [2.05, 4.69) is 30.9 Å². The molecular formula is C44H48F4N8O4. The number of likely N-dealkylation sites (tertiary alicyclic amines) is 2. The molecule has 4 fully saturated rings. The molecule has 16 heteroatoms. The predicted molar refractivity (Wildman–Crippen MR) is 217 cm³/mol. The van der Waals surface area contributed by atoms with E-state index in [1.807, 2.05) is 4.90 Å². The highest BCUT2D eigenvalue weighted by Gasteiger charge is 2.47. The first-order chi connectivity index (χ1) is 28.9. The van der Waals surface area contributed by atoms with Crippen LogP contribution in [0.3, 0.4) is 0 Å². The van der Waals surface area contributed by atoms with E-state index >= 15 is 13.2 Å². The number of amides is 3. The van der Waals surface area contributed by atoms with Gasteiger partial charge in [-0.2, -0.15) is 0 Å². The molecule has 8 rings (SSSR count). The summed E-state index contributed by atoms with van der Waals surface area (Å²) in [4.78, 5) is 64.4. The highest BCUT2D eigenvalue weighted by Crippen LogP contribution is 2.42. The van der Waals surface area contributed by atoms with Crippen LogP contribution in [0.2, 0.25) is 0 Å². The lowest BCUT2D eigenvalue weighted by Crippen LogP contribution is -2.50. The highest BCUT2D eigenvalue weighted by atomic mass is 19.3. The van der Waals surface area contributed by atoms with Gasteiger partial charge in [0.15, 0.2) is 5.82 Å². The summed E-state index contributed by atoms with van der Waals surface area (Å²) in [6.07, 6.45) is 7.44. The Balaban J connectivity index is 0.783. The van der Waals surface area contributed by atoms with Gasteiger partial charge in [0.1, 0.15) is 17.6 Å². The van der Waals surface area contributed by atoms with Crippen molar-refractivity contribution in [1.82, 2.24) is 30.1 Å². The highest BCUT2D eigenvalue weighted by molar-refractivity contribution is 6.01. The second kappa shape index (κ2) is 17.5. The number of nitrogens with one attached hydrogen (secondary N) is 4. The topological polar surface area (TPSA) is 152 Å². The minimum atomic E-state index is -3.15. The molecule has 0 bridgehead atoms. The van der Waals surface area contributed by atoms with Crippen molar-refractivity contribution < 1.29 is 31.9 Å². The fourth-order valence-electron chi connectivity index (χ4n) is 9.23. The molecule has 2 aromatic carbocycles. The number of H-pyrrole nitrogens is 1. The summed E-state index contributed by atoms with van der Waals surface area (Å²) in [5, 5.41) is 8.46. The summed E-state index contributed by atoms with van der Waals surface area (Å²) >= 11 is 0. The van der Waals surface area contributed by atoms with E-state index in [0.717, 1.165) is 25.1 Å². The van der Waals surface area contributed by atoms with E-state index in [-0.39, 0.29) is 77.4 Å². The van der Waals surface area contributed by atoms with Crippen LogP contribution in [0.1, 0.15) is 69.3 Å². The van der Waals surface area contributed by atoms with Gasteiger partial charge < -0.3 is 20.5 Å². The molecule has 316 valence electrons. The molecule has 3 amide bonds. The number of nitrogens with zero attached hydrogens (tertiary/aromatic N) is 4. The number of alkyl halides is 2. The van der Waals surface area contributed by atoms with Crippen molar-refractivity contribution in [1.29, 1.82) is 0 Å². The number of pyridine rings is 1. The summed E-state index contributed by atoms with van der Waals surface area (Å²) in [6, 6.07) is 13.7. The van der Waals surface area contributed by atoms with Crippen LogP contribution < -0.4 is 21.5 Å². The Kier molecular flexibility index (Phi) is 12.0. The lowest BCUT2D eigenvalue weighted by Gasteiger charge is -2.42. The van der Waals surface area contributed by atoms with E-state index in [9.17, 15) is 23.6 Å². The second-order valence-electron chi connectivity index (χ2n) is 16.6. The summed E-state index contributed by atoms with van der Waals surface area (Å²) in [5.74, 6) is -6.17. The third kappa shape index (κ3) is 9.23. The first kappa shape index (κ1) is 41.1. The van der Waals surface area contributed by atoms with Gasteiger partial charge in [-0.3, -0.25) is 29.4 Å². The maximum absolute atomic E-state index is 15.6. The minimum Gasteiger partial charge on any atom is -0.374 e. The first-order valence-corrected chi connectivity index (χ1v) is 20.8. The zero-order chi connectivity index (χ0) is 42.0. The van der Waals surface area contributed by atoms with Gasteiger partial charge in [0.25, 0.3) is 11.5 Å². The van der Waals surface area contributed by atoms with Crippen LogP contribution in [-0.4, -0.2) is 93.2 Å². The molecule has 3 saturated heterocycles. The van der Waals surface area contributed by atoms with Gasteiger partial charge in [0.05, 0.1) is 18.7 Å². The van der Waals surface area contributed by atoms with Crippen LogP contribution >= 0.6 is 0 Å². The van der Waals surface area contributed by atoms with Crippen LogP contribution in [0, 0.1) is 23.5 Å². The molecule has 2 atom stereocenters. The number of aromatic nitrogens is 3. The number of imide groups is 1. The molecule has 5 heterocycles. The van der Waals surface area contributed by atoms with Crippen LogP contribution in [0.15, 0.2) is 71.8 Å². The molecule has 0 spiro atoms. The molecule has 1 saturated carbocycles. The van der Waals surface area contributed by atoms with Crippen LogP contribution in [0.4, 0.5) is 29.2 Å². The number of anilines is 2. The Hall–Kier alpha value is -5.64. The molecule has 4 aliphatic rings. The molecule has 0 radical (unpaired) electrons. The minimum absolute atomic E-state index is 0.00688. The molecular weight excluding hydrogens is 781 g/mol. The van der Waals surface area contributed by atoms with Crippen LogP contribution in [-0.2, 0) is 14.4 Å². The number of aromatic amines is 1. The molecule has 2 aromatic heterocycles. The molecule has 4 aromatic rings. The number of carbonyl (C=O) groups excluding carboxylic acids is 3. The standard InChI is InChI=1S/C44H48F4N8O4/c45-35-22-31(51-37-12-13-38(57)53-41(37)59)10-11-33(35)34-16-18-55(25-44(34,47)48)24-26-14-19-56(20-15-26)42(60)27-6-8-30(9-7-27)52-43-50-23-36(46)39(54-43)29-4-1-3-28(21-29)32-5-2-17-49-40(32)58/h1-5,10-11,17,21-23,26-27,30,34,37,51H,6-9,12-16,18-20,24-25H2,(H,49,58)(H,50,52,54)(H,53,57,59). The number of piperidine rings is 3. The van der Waals surface area contributed by atoms with E-state index in [1.54, 1.807) is 47.5 Å². The van der Waals surface area contributed by atoms with Crippen molar-refractivity contribution in [2.45, 2.75) is 81.7 Å². The van der Waals surface area contributed by atoms with Crippen molar-refractivity contribution in [3.63, 3.8) is 0 Å². The predicted octanol–water partition coefficient (Wildman–Crippen LogP) is 6.33. The maximum atomic E-state index is 15.6. The quantitative estimate of drug-likeness (QED) is 0.106. The zero-order valence-electron chi connectivity index (χ0n) is 33.1. The van der Waals surface area contributed by atoms with Crippen molar-refractivity contribution in [3.05, 3.63) is 94.5 Å². The Morgan fingerprint density at radius 3 is 2.37 bits per heavy atom. The molecule has 3 aliphatic heterocycles. The van der Waals surface area contributed by atoms with Crippen molar-refractivity contribution in [2.75, 3.05) is 43.4 Å². The Morgan fingerprint density at radius 1 is 0.850 bits per heavy atom. The van der Waals surface area contributed by atoms with E-state index in [0.29, 0.717) is 68.6 Å². The van der Waals surface area contributed by atoms with E-state index in [1.165, 1.54) is 12.1 Å². The molecule has 4 N–H and O–H groups in total. The summed E-state index contributed by atoms with van der Waals surface area (Å²) in [7, 11) is 0. The average molecular weight is 829 g/mol. The van der Waals surface area contributed by atoms with Crippen molar-refractivity contribution >= 4 is 29.4 Å². The average Bonchev–Trinajstić information content (AvgIpc) is 3.23. The van der Waals surface area contributed by atoms with E-state index < -0.39 is 42.0 Å². The molecule has 1 aliphatic carbocycles. The van der Waals surface area contributed by atoms with Gasteiger partial charge in [0.2, 0.25) is 23.7 Å². The number of benzene rings is 2. The fourth-order valence-corrected chi connectivity index (χ4v) is 9.23. The fraction of sp³-hybridized carbons (Fsp3) is 0.455. The van der Waals surface area contributed by atoms with Gasteiger partial charge in [0, 0.05) is 61.0 Å². The van der Waals surface area contributed by atoms with Gasteiger partial charge in [-0.25, -0.2) is 27.5 Å². The monoisotopic (exact) mass is 828 g/mol. The Labute approximate surface area is 344 Å². The third-order valence-electron chi connectivity index (χ3n) is 12.5. The molecule has 12 nitrogen and oxygen atoms in total. The van der Waals surface area contributed by atoms with Gasteiger partial charge in [-0.1, -0.05) is 24.3 Å². The van der Waals surface area contributed by atoms with Crippen molar-refractivity contribution in [3.8, 4) is 22.4 Å². The summed E-state index contributed by atoms with van der Waals surface area (Å²) < 4.78 is 61.4. The number of hydrogen-bond donors (Lipinski definition) is 4. The number of carbonyl (C=O) groups is 3. The lowest BCUT2D eigenvalue weighted by molar-refractivity contribution is -0.138. The lowest BCUT2D eigenvalue weighted by atomic mass is 9.84. The SMILES string of the molecule is O=C1CCC(Nc2ccc(C3CCN(CC4CCN(C(=O)C5CCC(Nc6ncc(F)c(-c7cccc(-c8ccc[nH]c8=O)c7)n6)CC5)CC4)CC3(F)F)c(F)c2)C(=O)N1. The normalized spacial score (nSPS) is 23.8. The maximum Gasteiger partial charge on any atom is 0.267 e. The number of rotatable bonds is 10. The van der Waals surface area contributed by atoms with Crippen molar-refractivity contribution in [2.24, 2.45) is 11.8 Å². The molecule has 60 heavy (non-hydrogen) atoms. The zero-order valence-corrected chi connectivity index (χ0v) is 33.1. The smallest absolute Gasteiger partial charge is 0.267 e. The second-order valence-corrected chi connectivity index (χ2v) is 16.6. The molecule has 2 unspecified atom stereocenters. The Bertz CT molecular complexity index is 2290. The van der Waals surface area contributed by atoms with Gasteiger partial charge in [-0.05, 0) is 105 Å². The van der Waals surface area contributed by atoms with Gasteiger partial charge >= 0.3 is 0 Å². The van der Waals surface area contributed by atoms with E-state index in [4.69, 9.17) is 0 Å². The summed E-state index contributed by atoms with van der Waals surface area (Å²) in [6.45, 7) is 1.57. The van der Waals surface area contributed by atoms with Crippen LogP contribution in [0.25, 0.3) is 22.4 Å².